The fourth-order valence-electron chi connectivity index (χ4n) is 3.06. The Balaban J connectivity index is 1.75. The molecule has 0 saturated heterocycles. The van der Waals surface area contributed by atoms with Gasteiger partial charge in [-0.15, -0.1) is 11.3 Å². The van der Waals surface area contributed by atoms with E-state index in [9.17, 15) is 0 Å². The Morgan fingerprint density at radius 2 is 2.29 bits per heavy atom. The maximum Gasteiger partial charge on any atom is 0.215 e. The zero-order chi connectivity index (χ0) is 14.2. The third kappa shape index (κ3) is 2.21. The zero-order valence-corrected chi connectivity index (χ0v) is 12.7. The molecule has 1 aliphatic carbocycles. The lowest BCUT2D eigenvalue weighted by molar-refractivity contribution is 0.328. The molecule has 3 aromatic rings. The molecule has 3 aromatic heterocycles. The van der Waals surface area contributed by atoms with Gasteiger partial charge in [-0.2, -0.15) is 4.98 Å². The third-order valence-corrected chi connectivity index (χ3v) is 5.01. The molecular formula is C16H17N3OS. The Hall–Kier alpha value is -1.88. The number of H-pyrrole nitrogens is 1. The smallest absolute Gasteiger partial charge is 0.215 e. The fraction of sp³-hybridized carbons (Fsp3) is 0.375. The van der Waals surface area contributed by atoms with Crippen LogP contribution in [0.25, 0.3) is 11.2 Å². The summed E-state index contributed by atoms with van der Waals surface area (Å²) < 4.78 is 5.45. The van der Waals surface area contributed by atoms with Gasteiger partial charge in [-0.25, -0.2) is 4.98 Å². The van der Waals surface area contributed by atoms with E-state index in [2.05, 4.69) is 21.4 Å². The number of nitrogens with zero attached hydrogens (tertiary/aromatic N) is 2. The molecule has 0 spiro atoms. The standard InChI is InChI=1S/C16H17N3OS/c1-2-20-14-7-6-12-16(18-14)19-15(17-12)11-4-3-5-13-10(11)8-9-21-13/h6-9,11H,2-5H2,1H3,(H,17,18,19). The van der Waals surface area contributed by atoms with Crippen LogP contribution in [0.1, 0.15) is 41.9 Å². The summed E-state index contributed by atoms with van der Waals surface area (Å²) in [5.74, 6) is 2.05. The number of fused-ring (bicyclic) bond motifs is 2. The highest BCUT2D eigenvalue weighted by Crippen LogP contribution is 2.38. The lowest BCUT2D eigenvalue weighted by Gasteiger charge is -2.20. The van der Waals surface area contributed by atoms with Gasteiger partial charge in [0.15, 0.2) is 5.65 Å². The predicted molar refractivity (Wildman–Crippen MR) is 84.2 cm³/mol. The van der Waals surface area contributed by atoms with Gasteiger partial charge in [0, 0.05) is 16.9 Å². The molecule has 0 radical (unpaired) electrons. The Morgan fingerprint density at radius 1 is 1.33 bits per heavy atom. The first-order valence-electron chi connectivity index (χ1n) is 7.41. The van der Waals surface area contributed by atoms with Gasteiger partial charge < -0.3 is 9.72 Å². The van der Waals surface area contributed by atoms with Crippen LogP contribution in [0.3, 0.4) is 0 Å². The van der Waals surface area contributed by atoms with E-state index < -0.39 is 0 Å². The van der Waals surface area contributed by atoms with Crippen LogP contribution in [0.2, 0.25) is 0 Å². The van der Waals surface area contributed by atoms with Crippen molar-refractivity contribution in [2.75, 3.05) is 6.61 Å². The minimum Gasteiger partial charge on any atom is -0.478 e. The van der Waals surface area contributed by atoms with Crippen LogP contribution < -0.4 is 4.74 Å². The van der Waals surface area contributed by atoms with E-state index in [4.69, 9.17) is 9.72 Å². The molecule has 4 rings (SSSR count). The van der Waals surface area contributed by atoms with Crippen molar-refractivity contribution in [2.45, 2.75) is 32.1 Å². The highest BCUT2D eigenvalue weighted by molar-refractivity contribution is 7.10. The highest BCUT2D eigenvalue weighted by Gasteiger charge is 2.25. The van der Waals surface area contributed by atoms with Gasteiger partial charge in [-0.05, 0) is 49.3 Å². The van der Waals surface area contributed by atoms with Crippen molar-refractivity contribution in [1.82, 2.24) is 15.0 Å². The molecule has 0 saturated carbocycles. The van der Waals surface area contributed by atoms with Crippen molar-refractivity contribution in [3.05, 3.63) is 39.8 Å². The Kier molecular flexibility index (Phi) is 3.15. The van der Waals surface area contributed by atoms with Crippen molar-refractivity contribution in [2.24, 2.45) is 0 Å². The first-order chi connectivity index (χ1) is 10.3. The van der Waals surface area contributed by atoms with E-state index in [1.807, 2.05) is 30.4 Å². The summed E-state index contributed by atoms with van der Waals surface area (Å²) in [7, 11) is 0. The van der Waals surface area contributed by atoms with Gasteiger partial charge in [-0.1, -0.05) is 0 Å². The van der Waals surface area contributed by atoms with E-state index >= 15 is 0 Å². The second-order valence-electron chi connectivity index (χ2n) is 5.32. The molecule has 1 unspecified atom stereocenters. The number of rotatable bonds is 3. The molecule has 108 valence electrons. The number of imidazole rings is 1. The number of aryl methyl sites for hydroxylation is 1. The van der Waals surface area contributed by atoms with E-state index in [1.165, 1.54) is 23.3 Å². The van der Waals surface area contributed by atoms with Gasteiger partial charge in [0.1, 0.15) is 5.82 Å². The number of pyridine rings is 1. The van der Waals surface area contributed by atoms with Crippen LogP contribution in [-0.4, -0.2) is 21.6 Å². The lowest BCUT2D eigenvalue weighted by Crippen LogP contribution is -2.09. The van der Waals surface area contributed by atoms with Gasteiger partial charge in [0.05, 0.1) is 12.1 Å². The second-order valence-corrected chi connectivity index (χ2v) is 6.32. The molecule has 1 aliphatic rings. The lowest BCUT2D eigenvalue weighted by atomic mass is 9.87. The first kappa shape index (κ1) is 12.8. The molecule has 0 aliphatic heterocycles. The number of thiophene rings is 1. The molecule has 0 aromatic carbocycles. The maximum absolute atomic E-state index is 5.45. The van der Waals surface area contributed by atoms with Crippen LogP contribution in [0.5, 0.6) is 5.88 Å². The summed E-state index contributed by atoms with van der Waals surface area (Å²) in [6, 6.07) is 6.14. The number of aromatic nitrogens is 3. The van der Waals surface area contributed by atoms with Crippen molar-refractivity contribution in [3.8, 4) is 5.88 Å². The molecule has 0 amide bonds. The van der Waals surface area contributed by atoms with Gasteiger partial charge in [0.2, 0.25) is 5.88 Å². The van der Waals surface area contributed by atoms with Crippen molar-refractivity contribution < 1.29 is 4.74 Å². The number of nitrogens with one attached hydrogen (secondary N) is 1. The Morgan fingerprint density at radius 3 is 3.19 bits per heavy atom. The van der Waals surface area contributed by atoms with Crippen LogP contribution >= 0.6 is 11.3 Å². The SMILES string of the molecule is CCOc1ccc2[nH]c(C3CCCc4sccc43)nc2n1. The zero-order valence-electron chi connectivity index (χ0n) is 11.9. The molecule has 3 heterocycles. The molecule has 21 heavy (non-hydrogen) atoms. The van der Waals surface area contributed by atoms with E-state index in [0.29, 0.717) is 18.4 Å². The van der Waals surface area contributed by atoms with Crippen LogP contribution in [0.4, 0.5) is 0 Å². The average Bonchev–Trinajstić information content (AvgIpc) is 3.13. The molecule has 4 nitrogen and oxygen atoms in total. The average molecular weight is 299 g/mol. The second kappa shape index (κ2) is 5.15. The number of ether oxygens (including phenoxy) is 1. The maximum atomic E-state index is 5.45. The Labute approximate surface area is 127 Å². The number of hydrogen-bond donors (Lipinski definition) is 1. The minimum atomic E-state index is 0.379. The number of aromatic amines is 1. The first-order valence-corrected chi connectivity index (χ1v) is 8.29. The summed E-state index contributed by atoms with van der Waals surface area (Å²) in [4.78, 5) is 14.1. The topological polar surface area (TPSA) is 50.8 Å². The molecule has 1 atom stereocenters. The molecule has 5 heteroatoms. The van der Waals surface area contributed by atoms with Crippen LogP contribution in [-0.2, 0) is 6.42 Å². The summed E-state index contributed by atoms with van der Waals surface area (Å²) >= 11 is 1.86. The van der Waals surface area contributed by atoms with Crippen LogP contribution in [0, 0.1) is 0 Å². The Bertz CT molecular complexity index is 777. The van der Waals surface area contributed by atoms with Gasteiger partial charge >= 0.3 is 0 Å². The van der Waals surface area contributed by atoms with Gasteiger partial charge in [-0.3, -0.25) is 0 Å². The molecular weight excluding hydrogens is 282 g/mol. The number of hydrogen-bond acceptors (Lipinski definition) is 4. The largest absolute Gasteiger partial charge is 0.478 e. The summed E-state index contributed by atoms with van der Waals surface area (Å²) in [5, 5.41) is 2.19. The van der Waals surface area contributed by atoms with Crippen molar-refractivity contribution in [1.29, 1.82) is 0 Å². The normalized spacial score (nSPS) is 17.9. The van der Waals surface area contributed by atoms with E-state index in [0.717, 1.165) is 23.4 Å². The van der Waals surface area contributed by atoms with Crippen molar-refractivity contribution >= 4 is 22.5 Å². The molecule has 1 N–H and O–H groups in total. The monoisotopic (exact) mass is 299 g/mol. The molecule has 0 bridgehead atoms. The third-order valence-electron chi connectivity index (χ3n) is 4.01. The molecule has 0 fully saturated rings. The van der Waals surface area contributed by atoms with E-state index in [-0.39, 0.29) is 0 Å². The summed E-state index contributed by atoms with van der Waals surface area (Å²) in [6.07, 6.45) is 3.59. The van der Waals surface area contributed by atoms with E-state index in [1.54, 1.807) is 0 Å². The summed E-state index contributed by atoms with van der Waals surface area (Å²) in [5.41, 5.74) is 3.17. The quantitative estimate of drug-likeness (QED) is 0.798. The summed E-state index contributed by atoms with van der Waals surface area (Å²) in [6.45, 7) is 2.58. The van der Waals surface area contributed by atoms with Crippen LogP contribution in [0.15, 0.2) is 23.6 Å². The van der Waals surface area contributed by atoms with Crippen molar-refractivity contribution in [3.63, 3.8) is 0 Å². The fourth-order valence-corrected chi connectivity index (χ4v) is 4.05. The predicted octanol–water partition coefficient (Wildman–Crippen LogP) is 3.89. The highest BCUT2D eigenvalue weighted by atomic mass is 32.1. The minimum absolute atomic E-state index is 0.379. The van der Waals surface area contributed by atoms with Gasteiger partial charge in [0.25, 0.3) is 0 Å².